The Kier molecular flexibility index (Phi) is 5.12. The number of hydrogen-bond donors (Lipinski definition) is 1. The van der Waals surface area contributed by atoms with Crippen molar-refractivity contribution in [2.24, 2.45) is 4.99 Å². The van der Waals surface area contributed by atoms with Gasteiger partial charge in [-0.2, -0.15) is 13.2 Å². The highest BCUT2D eigenvalue weighted by Crippen LogP contribution is 2.34. The number of alkyl halides is 3. The lowest BCUT2D eigenvalue weighted by Gasteiger charge is -2.35. The number of halogens is 3. The molecule has 0 radical (unpaired) electrons. The predicted molar refractivity (Wildman–Crippen MR) is 93.0 cm³/mol. The van der Waals surface area contributed by atoms with Crippen LogP contribution in [0.15, 0.2) is 29.3 Å². The number of aliphatic imine (C=N–C) groups is 1. The lowest BCUT2D eigenvalue weighted by molar-refractivity contribution is -0.136. The van der Waals surface area contributed by atoms with Gasteiger partial charge < -0.3 is 15.1 Å². The molecule has 1 aromatic rings. The Morgan fingerprint density at radius 1 is 1.24 bits per heavy atom. The molecule has 2 heterocycles. The molecule has 1 aromatic carbocycles. The molecule has 0 bridgehead atoms. The summed E-state index contributed by atoms with van der Waals surface area (Å²) in [6.07, 6.45) is -4.50. The fourth-order valence-corrected chi connectivity index (χ4v) is 3.76. The Labute approximate surface area is 148 Å². The van der Waals surface area contributed by atoms with E-state index in [0.717, 1.165) is 17.8 Å². The van der Waals surface area contributed by atoms with E-state index in [9.17, 15) is 18.0 Å². The van der Waals surface area contributed by atoms with Crippen molar-refractivity contribution in [2.75, 3.05) is 38.0 Å². The highest BCUT2D eigenvalue weighted by Gasteiger charge is 2.34. The molecule has 2 aliphatic heterocycles. The van der Waals surface area contributed by atoms with Crippen molar-refractivity contribution in [3.8, 4) is 0 Å². The highest BCUT2D eigenvalue weighted by atomic mass is 32.2. The van der Waals surface area contributed by atoms with E-state index >= 15 is 0 Å². The Morgan fingerprint density at radius 3 is 2.52 bits per heavy atom. The number of thioether (sulfide) groups is 1. The molecular formula is C16H19F3N4OS. The van der Waals surface area contributed by atoms with Gasteiger partial charge in [0.1, 0.15) is 0 Å². The second kappa shape index (κ2) is 7.15. The number of nitrogens with one attached hydrogen (secondary N) is 1. The van der Waals surface area contributed by atoms with Crippen LogP contribution in [-0.4, -0.2) is 59.0 Å². The average Bonchev–Trinajstić information content (AvgIpc) is 3.01. The monoisotopic (exact) mass is 372 g/mol. The number of rotatable bonds is 1. The summed E-state index contributed by atoms with van der Waals surface area (Å²) in [5, 5.41) is 3.85. The van der Waals surface area contributed by atoms with Crippen molar-refractivity contribution in [3.05, 3.63) is 29.8 Å². The van der Waals surface area contributed by atoms with Crippen LogP contribution >= 0.6 is 11.8 Å². The van der Waals surface area contributed by atoms with Crippen LogP contribution in [0.5, 0.6) is 0 Å². The van der Waals surface area contributed by atoms with Gasteiger partial charge >= 0.3 is 12.2 Å². The van der Waals surface area contributed by atoms with Gasteiger partial charge in [0.05, 0.1) is 17.8 Å². The zero-order valence-corrected chi connectivity index (χ0v) is 14.5. The maximum absolute atomic E-state index is 13.0. The number of piperazine rings is 1. The van der Waals surface area contributed by atoms with Gasteiger partial charge in [-0.3, -0.25) is 4.99 Å². The summed E-state index contributed by atoms with van der Waals surface area (Å²) in [7, 11) is 0. The Hall–Kier alpha value is -1.90. The summed E-state index contributed by atoms with van der Waals surface area (Å²) in [5.74, 6) is 0. The highest BCUT2D eigenvalue weighted by molar-refractivity contribution is 8.14. The lowest BCUT2D eigenvalue weighted by atomic mass is 10.1. The lowest BCUT2D eigenvalue weighted by Crippen LogP contribution is -2.51. The first-order valence-corrected chi connectivity index (χ1v) is 8.91. The number of urea groups is 1. The van der Waals surface area contributed by atoms with E-state index < -0.39 is 17.8 Å². The number of amides is 2. The summed E-state index contributed by atoms with van der Waals surface area (Å²) in [6, 6.07) is 4.50. The molecule has 3 rings (SSSR count). The van der Waals surface area contributed by atoms with Crippen LogP contribution in [0.25, 0.3) is 0 Å². The number of hydrogen-bond acceptors (Lipinski definition) is 4. The second-order valence-corrected chi connectivity index (χ2v) is 7.40. The molecular weight excluding hydrogens is 353 g/mol. The molecule has 1 fully saturated rings. The minimum Gasteiger partial charge on any atom is -0.348 e. The molecule has 1 saturated heterocycles. The Bertz CT molecular complexity index is 672. The van der Waals surface area contributed by atoms with Crippen LogP contribution in [0.4, 0.5) is 23.7 Å². The maximum Gasteiger partial charge on any atom is 0.418 e. The topological polar surface area (TPSA) is 47.9 Å². The third-order valence-corrected chi connectivity index (χ3v) is 5.25. The molecule has 0 aromatic heterocycles. The van der Waals surface area contributed by atoms with Gasteiger partial charge in [0.25, 0.3) is 0 Å². The van der Waals surface area contributed by atoms with E-state index in [-0.39, 0.29) is 5.69 Å². The van der Waals surface area contributed by atoms with Crippen LogP contribution in [-0.2, 0) is 6.18 Å². The molecule has 0 aliphatic carbocycles. The molecule has 2 amide bonds. The molecule has 9 heteroatoms. The number of anilines is 1. The van der Waals surface area contributed by atoms with Gasteiger partial charge in [0, 0.05) is 31.4 Å². The quantitative estimate of drug-likeness (QED) is 0.823. The number of carbonyl (C=O) groups excluding carboxylic acids is 1. The first-order valence-electron chi connectivity index (χ1n) is 8.03. The molecule has 0 spiro atoms. The van der Waals surface area contributed by atoms with Gasteiger partial charge in [-0.1, -0.05) is 30.8 Å². The number of carbonyl (C=O) groups is 1. The third-order valence-electron chi connectivity index (χ3n) is 4.10. The van der Waals surface area contributed by atoms with Crippen LogP contribution in [0, 0.1) is 0 Å². The van der Waals surface area contributed by atoms with Gasteiger partial charge in [-0.25, -0.2) is 4.79 Å². The van der Waals surface area contributed by atoms with E-state index in [1.165, 1.54) is 23.1 Å². The van der Waals surface area contributed by atoms with Gasteiger partial charge in [0.2, 0.25) is 0 Å². The van der Waals surface area contributed by atoms with Gasteiger partial charge in [-0.05, 0) is 12.1 Å². The summed E-state index contributed by atoms with van der Waals surface area (Å²) in [5.41, 5.74) is -1.06. The van der Waals surface area contributed by atoms with E-state index in [1.54, 1.807) is 11.8 Å². The van der Waals surface area contributed by atoms with Crippen molar-refractivity contribution in [1.29, 1.82) is 0 Å². The fourth-order valence-electron chi connectivity index (χ4n) is 2.77. The van der Waals surface area contributed by atoms with Crippen molar-refractivity contribution < 1.29 is 18.0 Å². The predicted octanol–water partition coefficient (Wildman–Crippen LogP) is 3.35. The summed E-state index contributed by atoms with van der Waals surface area (Å²) >= 11 is 1.72. The van der Waals surface area contributed by atoms with E-state index in [4.69, 9.17) is 0 Å². The molecule has 1 N–H and O–H groups in total. The maximum atomic E-state index is 13.0. The SMILES string of the molecule is CC1CN=C(N2CCN(C(=O)Nc3ccccc3C(F)(F)F)CC2)S1. The average molecular weight is 372 g/mol. The number of benzene rings is 1. The van der Waals surface area contributed by atoms with Crippen LogP contribution < -0.4 is 5.32 Å². The van der Waals surface area contributed by atoms with E-state index in [2.05, 4.69) is 22.1 Å². The Balaban J connectivity index is 1.59. The van der Waals surface area contributed by atoms with E-state index in [1.807, 2.05) is 0 Å². The molecule has 0 saturated carbocycles. The number of nitrogens with zero attached hydrogens (tertiary/aromatic N) is 3. The van der Waals surface area contributed by atoms with Crippen molar-refractivity contribution in [1.82, 2.24) is 9.80 Å². The smallest absolute Gasteiger partial charge is 0.348 e. The van der Waals surface area contributed by atoms with Crippen LogP contribution in [0.1, 0.15) is 12.5 Å². The zero-order chi connectivity index (χ0) is 18.0. The second-order valence-electron chi connectivity index (χ2n) is 6.00. The Morgan fingerprint density at radius 2 is 1.92 bits per heavy atom. The number of amidine groups is 1. The minimum absolute atomic E-state index is 0.216. The van der Waals surface area contributed by atoms with Crippen molar-refractivity contribution in [3.63, 3.8) is 0 Å². The zero-order valence-electron chi connectivity index (χ0n) is 13.7. The molecule has 1 atom stereocenters. The van der Waals surface area contributed by atoms with E-state index in [0.29, 0.717) is 31.4 Å². The summed E-state index contributed by atoms with van der Waals surface area (Å²) in [6.45, 7) is 5.08. The standard InChI is InChI=1S/C16H19F3N4OS/c1-11-10-20-15(25-11)23-8-6-22(7-9-23)14(24)21-13-5-3-2-4-12(13)16(17,18)19/h2-5,11H,6-10H2,1H3,(H,21,24). The van der Waals surface area contributed by atoms with Crippen molar-refractivity contribution in [2.45, 2.75) is 18.3 Å². The third kappa shape index (κ3) is 4.20. The van der Waals surface area contributed by atoms with Crippen LogP contribution in [0.3, 0.4) is 0 Å². The largest absolute Gasteiger partial charge is 0.418 e. The molecule has 136 valence electrons. The van der Waals surface area contributed by atoms with Gasteiger partial charge in [-0.15, -0.1) is 0 Å². The van der Waals surface area contributed by atoms with Crippen LogP contribution in [0.2, 0.25) is 0 Å². The summed E-state index contributed by atoms with van der Waals surface area (Å²) in [4.78, 5) is 20.5. The molecule has 1 unspecified atom stereocenters. The van der Waals surface area contributed by atoms with Crippen molar-refractivity contribution >= 4 is 28.6 Å². The summed E-state index contributed by atoms with van der Waals surface area (Å²) < 4.78 is 39.0. The minimum atomic E-state index is -4.50. The van der Waals surface area contributed by atoms with Gasteiger partial charge in [0.15, 0.2) is 5.17 Å². The first-order chi connectivity index (χ1) is 11.8. The fraction of sp³-hybridized carbons (Fsp3) is 0.500. The molecule has 2 aliphatic rings. The normalized spacial score (nSPS) is 21.3. The molecule has 5 nitrogen and oxygen atoms in total. The number of para-hydroxylation sites is 1. The molecule has 25 heavy (non-hydrogen) atoms. The first kappa shape index (κ1) is 17.9.